The Bertz CT molecular complexity index is 1000. The molecule has 0 radical (unpaired) electrons. The first-order valence-electron chi connectivity index (χ1n) is 9.01. The van der Waals surface area contributed by atoms with Crippen molar-refractivity contribution in [1.82, 2.24) is 5.06 Å². The average Bonchev–Trinajstić information content (AvgIpc) is 2.97. The molecule has 3 aromatic rings. The number of nitrogens with zero attached hydrogens (tertiary/aromatic N) is 1. The minimum atomic E-state index is -0.580. The van der Waals surface area contributed by atoms with Crippen molar-refractivity contribution >= 4 is 39.3 Å². The Balaban J connectivity index is 1.67. The summed E-state index contributed by atoms with van der Waals surface area (Å²) in [7, 11) is 0. The van der Waals surface area contributed by atoms with E-state index in [9.17, 15) is 14.4 Å². The van der Waals surface area contributed by atoms with Crippen molar-refractivity contribution in [2.24, 2.45) is 0 Å². The quantitative estimate of drug-likeness (QED) is 0.519. The predicted octanol–water partition coefficient (Wildman–Crippen LogP) is 4.09. The second kappa shape index (κ2) is 6.83. The number of hydroxylamine groups is 2. The van der Waals surface area contributed by atoms with Gasteiger partial charge in [0.1, 0.15) is 0 Å². The summed E-state index contributed by atoms with van der Waals surface area (Å²) < 4.78 is 0. The summed E-state index contributed by atoms with van der Waals surface area (Å²) in [5, 5.41) is 5.00. The molecule has 27 heavy (non-hydrogen) atoms. The number of benzene rings is 3. The number of imide groups is 1. The van der Waals surface area contributed by atoms with E-state index >= 15 is 0 Å². The zero-order valence-corrected chi connectivity index (χ0v) is 15.0. The number of rotatable bonds is 4. The molecule has 1 aliphatic rings. The number of carbonyl (C=O) groups excluding carboxylic acids is 3. The van der Waals surface area contributed by atoms with E-state index in [-0.39, 0.29) is 25.2 Å². The minimum absolute atomic E-state index is 0.0784. The highest BCUT2D eigenvalue weighted by molar-refractivity contribution is 6.03. The van der Waals surface area contributed by atoms with Crippen molar-refractivity contribution in [1.29, 1.82) is 0 Å². The summed E-state index contributed by atoms with van der Waals surface area (Å²) in [4.78, 5) is 40.7. The first kappa shape index (κ1) is 17.2. The maximum Gasteiger partial charge on any atom is 0.333 e. The first-order valence-corrected chi connectivity index (χ1v) is 9.01. The van der Waals surface area contributed by atoms with Crippen LogP contribution in [-0.2, 0) is 19.2 Å². The Kier molecular flexibility index (Phi) is 4.36. The van der Waals surface area contributed by atoms with Crippen LogP contribution >= 0.6 is 0 Å². The van der Waals surface area contributed by atoms with Crippen LogP contribution in [0.2, 0.25) is 0 Å². The molecule has 0 aromatic heterocycles. The van der Waals surface area contributed by atoms with E-state index in [0.29, 0.717) is 5.06 Å². The lowest BCUT2D eigenvalue weighted by atomic mass is 9.88. The van der Waals surface area contributed by atoms with E-state index in [1.54, 1.807) is 0 Å². The van der Waals surface area contributed by atoms with Gasteiger partial charge in [0.2, 0.25) is 0 Å². The molecule has 0 saturated carbocycles. The van der Waals surface area contributed by atoms with E-state index in [2.05, 4.69) is 18.2 Å². The highest BCUT2D eigenvalue weighted by Gasteiger charge is 2.33. The molecule has 1 aliphatic heterocycles. The largest absolute Gasteiger partial charge is 0.333 e. The third-order valence-electron chi connectivity index (χ3n) is 4.98. The number of amides is 2. The maximum atomic E-state index is 12.4. The van der Waals surface area contributed by atoms with Gasteiger partial charge in [0.05, 0.1) is 6.42 Å². The summed E-state index contributed by atoms with van der Waals surface area (Å²) in [6, 6.07) is 18.3. The molecule has 1 heterocycles. The van der Waals surface area contributed by atoms with Gasteiger partial charge in [0.25, 0.3) is 11.8 Å². The molecule has 1 unspecified atom stereocenters. The lowest BCUT2D eigenvalue weighted by molar-refractivity contribution is -0.197. The van der Waals surface area contributed by atoms with Crippen LogP contribution in [0.5, 0.6) is 0 Å². The van der Waals surface area contributed by atoms with Gasteiger partial charge in [-0.1, -0.05) is 55.5 Å². The van der Waals surface area contributed by atoms with Gasteiger partial charge in [-0.25, -0.2) is 4.79 Å². The third-order valence-corrected chi connectivity index (χ3v) is 4.98. The number of hydrogen-bond donors (Lipinski definition) is 0. The smallest absolute Gasteiger partial charge is 0.330 e. The molecule has 0 aliphatic carbocycles. The molecule has 1 atom stereocenters. The van der Waals surface area contributed by atoms with E-state index in [1.165, 1.54) is 0 Å². The lowest BCUT2D eigenvalue weighted by Crippen LogP contribution is -2.32. The lowest BCUT2D eigenvalue weighted by Gasteiger charge is -2.19. The molecule has 2 amide bonds. The van der Waals surface area contributed by atoms with E-state index < -0.39 is 17.8 Å². The van der Waals surface area contributed by atoms with Crippen LogP contribution in [0.1, 0.15) is 37.7 Å². The monoisotopic (exact) mass is 361 g/mol. The Morgan fingerprint density at radius 3 is 2.04 bits per heavy atom. The molecule has 136 valence electrons. The van der Waals surface area contributed by atoms with Crippen LogP contribution in [0, 0.1) is 0 Å². The van der Waals surface area contributed by atoms with Gasteiger partial charge in [-0.3, -0.25) is 9.59 Å². The molecule has 3 aromatic carbocycles. The summed E-state index contributed by atoms with van der Waals surface area (Å²) in [6.07, 6.45) is 0.264. The number of hydrogen-bond acceptors (Lipinski definition) is 4. The maximum absolute atomic E-state index is 12.4. The predicted molar refractivity (Wildman–Crippen MR) is 102 cm³/mol. The SMILES string of the molecule is CC(CC(=O)ON1C(=O)CCC1=O)c1c2ccccc2cc2ccccc12. The molecule has 0 N–H and O–H groups in total. The highest BCUT2D eigenvalue weighted by Crippen LogP contribution is 2.35. The number of fused-ring (bicyclic) bond motifs is 2. The van der Waals surface area contributed by atoms with Crippen molar-refractivity contribution in [3.63, 3.8) is 0 Å². The van der Waals surface area contributed by atoms with E-state index in [0.717, 1.165) is 27.1 Å². The molecule has 1 saturated heterocycles. The molecule has 5 nitrogen and oxygen atoms in total. The van der Waals surface area contributed by atoms with E-state index in [4.69, 9.17) is 4.84 Å². The van der Waals surface area contributed by atoms with Gasteiger partial charge >= 0.3 is 5.97 Å². The van der Waals surface area contributed by atoms with Crippen molar-refractivity contribution in [2.45, 2.75) is 32.1 Å². The van der Waals surface area contributed by atoms with Crippen LogP contribution in [0.15, 0.2) is 54.6 Å². The topological polar surface area (TPSA) is 63.7 Å². The summed E-state index contributed by atoms with van der Waals surface area (Å²) >= 11 is 0. The molecule has 0 bridgehead atoms. The molecular formula is C22H19NO4. The summed E-state index contributed by atoms with van der Waals surface area (Å²) in [5.41, 5.74) is 1.07. The van der Waals surface area contributed by atoms with Gasteiger partial charge in [0, 0.05) is 12.8 Å². The number of carbonyl (C=O) groups is 3. The zero-order valence-electron chi connectivity index (χ0n) is 15.0. The Morgan fingerprint density at radius 1 is 0.963 bits per heavy atom. The van der Waals surface area contributed by atoms with Gasteiger partial charge < -0.3 is 4.84 Å². The first-order chi connectivity index (χ1) is 13.0. The van der Waals surface area contributed by atoms with Crippen LogP contribution < -0.4 is 0 Å². The van der Waals surface area contributed by atoms with Crippen molar-refractivity contribution in [2.75, 3.05) is 0 Å². The highest BCUT2D eigenvalue weighted by atomic mass is 16.7. The van der Waals surface area contributed by atoms with Gasteiger partial charge in [-0.2, -0.15) is 0 Å². The second-order valence-corrected chi connectivity index (χ2v) is 6.88. The summed E-state index contributed by atoms with van der Waals surface area (Å²) in [5.74, 6) is -1.64. The van der Waals surface area contributed by atoms with Gasteiger partial charge in [-0.05, 0) is 39.1 Å². The fourth-order valence-electron chi connectivity index (χ4n) is 3.73. The standard InChI is InChI=1S/C22H19NO4/c1-14(12-21(26)27-23-19(24)10-11-20(23)25)22-17-8-4-2-6-15(17)13-16-7-3-5-9-18(16)22/h2-9,13-14H,10-12H2,1H3. The normalized spacial score (nSPS) is 15.5. The Labute approximate surface area is 156 Å². The molecule has 5 heteroatoms. The fourth-order valence-corrected chi connectivity index (χ4v) is 3.73. The van der Waals surface area contributed by atoms with Crippen LogP contribution in [0.3, 0.4) is 0 Å². The van der Waals surface area contributed by atoms with E-state index in [1.807, 2.05) is 43.3 Å². The van der Waals surface area contributed by atoms with Crippen molar-refractivity contribution in [3.8, 4) is 0 Å². The summed E-state index contributed by atoms with van der Waals surface area (Å²) in [6.45, 7) is 1.96. The average molecular weight is 361 g/mol. The van der Waals surface area contributed by atoms with Crippen molar-refractivity contribution < 1.29 is 19.2 Å². The molecule has 0 spiro atoms. The Hall–Kier alpha value is -3.21. The Morgan fingerprint density at radius 2 is 1.48 bits per heavy atom. The molecule has 4 rings (SSSR count). The van der Waals surface area contributed by atoms with Crippen LogP contribution in [0.4, 0.5) is 0 Å². The zero-order chi connectivity index (χ0) is 19.0. The van der Waals surface area contributed by atoms with Crippen molar-refractivity contribution in [3.05, 3.63) is 60.2 Å². The second-order valence-electron chi connectivity index (χ2n) is 6.88. The minimum Gasteiger partial charge on any atom is -0.330 e. The molecular weight excluding hydrogens is 342 g/mol. The van der Waals surface area contributed by atoms with Crippen LogP contribution in [-0.4, -0.2) is 22.8 Å². The fraction of sp³-hybridized carbons (Fsp3) is 0.227. The van der Waals surface area contributed by atoms with Gasteiger partial charge in [-0.15, -0.1) is 5.06 Å². The third kappa shape index (κ3) is 3.16. The molecule has 1 fully saturated rings. The van der Waals surface area contributed by atoms with Gasteiger partial charge in [0.15, 0.2) is 0 Å². The van der Waals surface area contributed by atoms with Crippen LogP contribution in [0.25, 0.3) is 21.5 Å².